The molecule has 9 atom stereocenters. The SMILES string of the molecule is OC1[C@H](O)[C@@H]2[C@@H](O)[C@@H](O)[C@@H](O)[C@@H](O)[C@@H]2[C@H]1O. The molecule has 7 heteroatoms. The van der Waals surface area contributed by atoms with Crippen LogP contribution in [0.3, 0.4) is 0 Å². The topological polar surface area (TPSA) is 142 Å². The summed E-state index contributed by atoms with van der Waals surface area (Å²) < 4.78 is 0. The van der Waals surface area contributed by atoms with Crippen LogP contribution in [0, 0.1) is 11.8 Å². The van der Waals surface area contributed by atoms with Crippen molar-refractivity contribution in [2.45, 2.75) is 42.7 Å². The van der Waals surface area contributed by atoms with Crippen molar-refractivity contribution in [3.05, 3.63) is 0 Å². The molecule has 2 saturated carbocycles. The molecule has 1 unspecified atom stereocenters. The second-order valence-electron chi connectivity index (χ2n) is 4.59. The van der Waals surface area contributed by atoms with E-state index in [0.29, 0.717) is 0 Å². The fourth-order valence-electron chi connectivity index (χ4n) is 2.83. The fraction of sp³-hybridized carbons (Fsp3) is 1.00. The Morgan fingerprint density at radius 3 is 0.750 bits per heavy atom. The van der Waals surface area contributed by atoms with Crippen LogP contribution in [0.5, 0.6) is 0 Å². The first kappa shape index (κ1) is 12.2. The van der Waals surface area contributed by atoms with Gasteiger partial charge in [0.1, 0.15) is 18.3 Å². The summed E-state index contributed by atoms with van der Waals surface area (Å²) in [7, 11) is 0. The number of fused-ring (bicyclic) bond motifs is 1. The smallest absolute Gasteiger partial charge is 0.109 e. The molecule has 2 rings (SSSR count). The van der Waals surface area contributed by atoms with E-state index in [4.69, 9.17) is 0 Å². The molecule has 0 aliphatic heterocycles. The highest BCUT2D eigenvalue weighted by atomic mass is 16.4. The predicted molar refractivity (Wildman–Crippen MR) is 49.0 cm³/mol. The van der Waals surface area contributed by atoms with Crippen molar-refractivity contribution >= 4 is 0 Å². The third-order valence-electron chi connectivity index (χ3n) is 3.77. The first-order chi connectivity index (χ1) is 7.37. The Hall–Kier alpha value is -0.280. The lowest BCUT2D eigenvalue weighted by atomic mass is 9.73. The van der Waals surface area contributed by atoms with Crippen LogP contribution in [-0.2, 0) is 0 Å². The van der Waals surface area contributed by atoms with E-state index in [0.717, 1.165) is 0 Å². The Morgan fingerprint density at radius 1 is 0.312 bits per heavy atom. The molecule has 0 aromatic heterocycles. The molecule has 0 radical (unpaired) electrons. The van der Waals surface area contributed by atoms with Crippen molar-refractivity contribution in [2.24, 2.45) is 11.8 Å². The average molecular weight is 236 g/mol. The Labute approximate surface area is 91.2 Å². The fourth-order valence-corrected chi connectivity index (χ4v) is 2.83. The van der Waals surface area contributed by atoms with E-state index in [-0.39, 0.29) is 0 Å². The van der Waals surface area contributed by atoms with Crippen molar-refractivity contribution < 1.29 is 35.7 Å². The van der Waals surface area contributed by atoms with Crippen LogP contribution in [-0.4, -0.2) is 78.5 Å². The van der Waals surface area contributed by atoms with E-state index in [1.165, 1.54) is 0 Å². The summed E-state index contributed by atoms with van der Waals surface area (Å²) in [5.41, 5.74) is 0. The summed E-state index contributed by atoms with van der Waals surface area (Å²) in [4.78, 5) is 0. The number of hydrogen-bond acceptors (Lipinski definition) is 7. The van der Waals surface area contributed by atoms with Gasteiger partial charge in [-0.2, -0.15) is 0 Å². The van der Waals surface area contributed by atoms with Crippen molar-refractivity contribution in [3.8, 4) is 0 Å². The molecule has 0 heterocycles. The molecule has 0 bridgehead atoms. The van der Waals surface area contributed by atoms with Crippen LogP contribution in [0.1, 0.15) is 0 Å². The van der Waals surface area contributed by atoms with Gasteiger partial charge in [0.2, 0.25) is 0 Å². The van der Waals surface area contributed by atoms with Crippen LogP contribution >= 0.6 is 0 Å². The monoisotopic (exact) mass is 236 g/mol. The van der Waals surface area contributed by atoms with Gasteiger partial charge in [-0.25, -0.2) is 0 Å². The summed E-state index contributed by atoms with van der Waals surface area (Å²) in [6.45, 7) is 0. The zero-order chi connectivity index (χ0) is 12.2. The quantitative estimate of drug-likeness (QED) is 0.226. The number of hydrogen-bond donors (Lipinski definition) is 7. The maximum atomic E-state index is 9.64. The molecule has 0 spiro atoms. The molecular weight excluding hydrogens is 220 g/mol. The number of rotatable bonds is 0. The van der Waals surface area contributed by atoms with Gasteiger partial charge in [-0.3, -0.25) is 0 Å². The van der Waals surface area contributed by atoms with E-state index in [2.05, 4.69) is 0 Å². The highest BCUT2D eigenvalue weighted by molar-refractivity contribution is 5.10. The largest absolute Gasteiger partial charge is 0.390 e. The number of aliphatic hydroxyl groups excluding tert-OH is 7. The van der Waals surface area contributed by atoms with Crippen molar-refractivity contribution in [3.63, 3.8) is 0 Å². The van der Waals surface area contributed by atoms with Crippen LogP contribution in [0.15, 0.2) is 0 Å². The van der Waals surface area contributed by atoms with E-state index in [1.807, 2.05) is 0 Å². The maximum Gasteiger partial charge on any atom is 0.109 e. The van der Waals surface area contributed by atoms with Gasteiger partial charge in [-0.15, -0.1) is 0 Å². The minimum Gasteiger partial charge on any atom is -0.390 e. The van der Waals surface area contributed by atoms with E-state index < -0.39 is 54.6 Å². The Kier molecular flexibility index (Phi) is 2.96. The average Bonchev–Trinajstić information content (AvgIpc) is 2.48. The van der Waals surface area contributed by atoms with Crippen molar-refractivity contribution in [2.75, 3.05) is 0 Å². The molecule has 0 aromatic rings. The summed E-state index contributed by atoms with van der Waals surface area (Å²) >= 11 is 0. The molecule has 2 fully saturated rings. The van der Waals surface area contributed by atoms with E-state index in [9.17, 15) is 35.7 Å². The minimum absolute atomic E-state index is 1.06. The normalized spacial score (nSPS) is 62.1. The van der Waals surface area contributed by atoms with Gasteiger partial charge in [-0.1, -0.05) is 0 Å². The van der Waals surface area contributed by atoms with Crippen LogP contribution in [0.25, 0.3) is 0 Å². The summed E-state index contributed by atoms with van der Waals surface area (Å²) in [5, 5.41) is 66.7. The highest BCUT2D eigenvalue weighted by Gasteiger charge is 2.60. The third-order valence-corrected chi connectivity index (χ3v) is 3.77. The van der Waals surface area contributed by atoms with Gasteiger partial charge in [0.05, 0.1) is 24.4 Å². The molecule has 0 amide bonds. The predicted octanol–water partition coefficient (Wildman–Crippen LogP) is -4.23. The highest BCUT2D eigenvalue weighted by Crippen LogP contribution is 2.43. The van der Waals surface area contributed by atoms with Crippen LogP contribution < -0.4 is 0 Å². The first-order valence-electron chi connectivity index (χ1n) is 5.14. The standard InChI is InChI=1S/C9H16O7/c10-3-1-2(4(11)7(3)14)6(13)9(16)8(15)5(1)12/h1-16H/t1-,2+,3-,4-,5-,6+,7?,8-,9+/m1/s1. The molecule has 94 valence electrons. The second kappa shape index (κ2) is 3.88. The van der Waals surface area contributed by atoms with Gasteiger partial charge in [0, 0.05) is 11.8 Å². The van der Waals surface area contributed by atoms with Crippen molar-refractivity contribution in [1.29, 1.82) is 0 Å². The second-order valence-corrected chi connectivity index (χ2v) is 4.59. The molecule has 0 saturated heterocycles. The zero-order valence-electron chi connectivity index (χ0n) is 8.33. The minimum atomic E-state index is -1.61. The molecule has 7 nitrogen and oxygen atoms in total. The lowest BCUT2D eigenvalue weighted by Crippen LogP contribution is -2.60. The van der Waals surface area contributed by atoms with Gasteiger partial charge < -0.3 is 35.7 Å². The summed E-state index contributed by atoms with van der Waals surface area (Å²) in [6, 6.07) is 0. The Bertz CT molecular complexity index is 247. The van der Waals surface area contributed by atoms with Crippen LogP contribution in [0.4, 0.5) is 0 Å². The van der Waals surface area contributed by atoms with E-state index in [1.54, 1.807) is 0 Å². The van der Waals surface area contributed by atoms with Gasteiger partial charge in [-0.05, 0) is 0 Å². The lowest BCUT2D eigenvalue weighted by Gasteiger charge is -2.42. The molecule has 0 aromatic carbocycles. The number of aliphatic hydroxyl groups is 7. The molecule has 7 N–H and O–H groups in total. The summed E-state index contributed by atoms with van der Waals surface area (Å²) in [5.74, 6) is -2.11. The lowest BCUT2D eigenvalue weighted by molar-refractivity contribution is -0.196. The van der Waals surface area contributed by atoms with E-state index >= 15 is 0 Å². The van der Waals surface area contributed by atoms with Gasteiger partial charge >= 0.3 is 0 Å². The molecule has 2 aliphatic carbocycles. The summed E-state index contributed by atoms with van der Waals surface area (Å²) in [6.07, 6.45) is -10.6. The molecule has 16 heavy (non-hydrogen) atoms. The maximum absolute atomic E-state index is 9.64. The zero-order valence-corrected chi connectivity index (χ0v) is 8.33. The Morgan fingerprint density at radius 2 is 0.500 bits per heavy atom. The van der Waals surface area contributed by atoms with Gasteiger partial charge in [0.15, 0.2) is 0 Å². The molecule has 2 aliphatic rings. The molecular formula is C9H16O7. The van der Waals surface area contributed by atoms with Crippen LogP contribution in [0.2, 0.25) is 0 Å². The Balaban J connectivity index is 2.33. The van der Waals surface area contributed by atoms with Gasteiger partial charge in [0.25, 0.3) is 0 Å². The first-order valence-corrected chi connectivity index (χ1v) is 5.14. The third kappa shape index (κ3) is 1.41. The van der Waals surface area contributed by atoms with Crippen molar-refractivity contribution in [1.82, 2.24) is 0 Å².